The molecule has 2 atom stereocenters. The van der Waals surface area contributed by atoms with Crippen LogP contribution in [0.3, 0.4) is 0 Å². The maximum absolute atomic E-state index is 13.2. The van der Waals surface area contributed by atoms with Crippen molar-refractivity contribution in [3.63, 3.8) is 0 Å². The van der Waals surface area contributed by atoms with E-state index < -0.39 is 16.3 Å². The quantitative estimate of drug-likeness (QED) is 0.405. The molecule has 1 aliphatic carbocycles. The van der Waals surface area contributed by atoms with Gasteiger partial charge in [0.25, 0.3) is 5.91 Å². The Morgan fingerprint density at radius 1 is 1.16 bits per heavy atom. The summed E-state index contributed by atoms with van der Waals surface area (Å²) in [5.74, 6) is 0.492. The van der Waals surface area contributed by atoms with Crippen LogP contribution in [0.15, 0.2) is 57.8 Å². The van der Waals surface area contributed by atoms with Crippen molar-refractivity contribution >= 4 is 27.3 Å². The van der Waals surface area contributed by atoms with Gasteiger partial charge in [0.05, 0.1) is 25.2 Å². The molecule has 1 aromatic heterocycles. The second kappa shape index (κ2) is 13.6. The molecule has 1 amide bonds. The van der Waals surface area contributed by atoms with Crippen LogP contribution < -0.4 is 10.1 Å². The lowest BCUT2D eigenvalue weighted by Gasteiger charge is -2.31. The SMILES string of the molecule is COc1ccc(S(=O)(=O)N(CCO)CCO[C@@H]2C[C@H](c3ccsc3)C=C(C(=O)NC3CCCCC3)O2)cc1. The minimum Gasteiger partial charge on any atom is -0.497 e. The number of carbonyl (C=O) groups excluding carboxylic acids is 1. The van der Waals surface area contributed by atoms with Crippen molar-refractivity contribution in [2.75, 3.05) is 33.4 Å². The van der Waals surface area contributed by atoms with Gasteiger partial charge in [0.1, 0.15) is 5.75 Å². The van der Waals surface area contributed by atoms with E-state index in [1.165, 1.54) is 30.0 Å². The molecule has 0 saturated heterocycles. The van der Waals surface area contributed by atoms with Gasteiger partial charge in [0.2, 0.25) is 16.3 Å². The smallest absolute Gasteiger partial charge is 0.286 e. The van der Waals surface area contributed by atoms with E-state index in [0.29, 0.717) is 12.2 Å². The number of amides is 1. The normalized spacial score (nSPS) is 20.6. The molecule has 2 N–H and O–H groups in total. The number of hydrogen-bond acceptors (Lipinski definition) is 8. The molecule has 1 fully saturated rings. The molecule has 9 nitrogen and oxygen atoms in total. The molecule has 2 aromatic rings. The van der Waals surface area contributed by atoms with E-state index in [9.17, 15) is 18.3 Å². The number of rotatable bonds is 12. The van der Waals surface area contributed by atoms with E-state index in [1.807, 2.05) is 22.9 Å². The van der Waals surface area contributed by atoms with Crippen LogP contribution in [0.1, 0.15) is 50.0 Å². The lowest BCUT2D eigenvalue weighted by Crippen LogP contribution is -2.40. The molecular formula is C27H36N2O7S2. The first-order chi connectivity index (χ1) is 18.4. The van der Waals surface area contributed by atoms with Gasteiger partial charge in [0, 0.05) is 31.5 Å². The van der Waals surface area contributed by atoms with Gasteiger partial charge >= 0.3 is 0 Å². The zero-order chi connectivity index (χ0) is 27.0. The van der Waals surface area contributed by atoms with Crippen molar-refractivity contribution in [3.05, 3.63) is 58.5 Å². The average molecular weight is 565 g/mol. The molecule has 11 heteroatoms. The number of allylic oxidation sites excluding steroid dienone is 1. The Hall–Kier alpha value is -2.44. The number of aliphatic hydroxyl groups excluding tert-OH is 1. The topological polar surface area (TPSA) is 114 Å². The first-order valence-corrected chi connectivity index (χ1v) is 15.4. The highest BCUT2D eigenvalue weighted by Crippen LogP contribution is 2.33. The lowest BCUT2D eigenvalue weighted by molar-refractivity contribution is -0.147. The van der Waals surface area contributed by atoms with E-state index in [2.05, 4.69) is 5.32 Å². The Kier molecular flexibility index (Phi) is 10.2. The molecule has 0 unspecified atom stereocenters. The number of nitrogens with zero attached hydrogens (tertiary/aromatic N) is 1. The molecule has 0 radical (unpaired) electrons. The van der Waals surface area contributed by atoms with Crippen LogP contribution in [0.4, 0.5) is 0 Å². The van der Waals surface area contributed by atoms with E-state index in [1.54, 1.807) is 23.5 Å². The van der Waals surface area contributed by atoms with E-state index in [4.69, 9.17) is 14.2 Å². The second-order valence-corrected chi connectivity index (χ2v) is 12.2. The predicted molar refractivity (Wildman–Crippen MR) is 144 cm³/mol. The molecule has 2 heterocycles. The minimum atomic E-state index is -3.86. The highest BCUT2D eigenvalue weighted by atomic mass is 32.2. The maximum Gasteiger partial charge on any atom is 0.286 e. The molecule has 208 valence electrons. The number of sulfonamides is 1. The molecular weight excluding hydrogens is 528 g/mol. The summed E-state index contributed by atoms with van der Waals surface area (Å²) in [6.07, 6.45) is 7.00. The summed E-state index contributed by atoms with van der Waals surface area (Å²) in [6.45, 7) is -0.349. The van der Waals surface area contributed by atoms with Crippen molar-refractivity contribution in [2.24, 2.45) is 0 Å². The summed E-state index contributed by atoms with van der Waals surface area (Å²) in [6, 6.07) is 8.26. The van der Waals surface area contributed by atoms with Crippen LogP contribution in [0.2, 0.25) is 0 Å². The molecule has 1 aromatic carbocycles. The molecule has 0 bridgehead atoms. The van der Waals surface area contributed by atoms with Gasteiger partial charge < -0.3 is 24.6 Å². The van der Waals surface area contributed by atoms with Crippen molar-refractivity contribution in [2.45, 2.75) is 61.7 Å². The number of benzene rings is 1. The average Bonchev–Trinajstić information content (AvgIpc) is 3.48. The largest absolute Gasteiger partial charge is 0.497 e. The van der Waals surface area contributed by atoms with Gasteiger partial charge in [-0.3, -0.25) is 4.79 Å². The van der Waals surface area contributed by atoms with E-state index in [-0.39, 0.29) is 54.8 Å². The molecule has 1 saturated carbocycles. The summed E-state index contributed by atoms with van der Waals surface area (Å²) in [4.78, 5) is 13.1. The molecule has 38 heavy (non-hydrogen) atoms. The standard InChI is InChI=1S/C27H36N2O7S2/c1-34-23-7-9-24(10-8-23)38(32,33)29(12-14-30)13-15-35-26-18-21(20-11-16-37-19-20)17-25(36-26)27(31)28-22-5-3-2-4-6-22/h7-11,16-17,19,21-22,26,30H,2-6,12-15,18H2,1H3,(H,28,31)/t21-,26+/m1/s1. The monoisotopic (exact) mass is 564 g/mol. The molecule has 0 spiro atoms. The van der Waals surface area contributed by atoms with Crippen LogP contribution in [0.5, 0.6) is 5.75 Å². The highest BCUT2D eigenvalue weighted by molar-refractivity contribution is 7.89. The Morgan fingerprint density at radius 3 is 2.58 bits per heavy atom. The zero-order valence-electron chi connectivity index (χ0n) is 21.6. The minimum absolute atomic E-state index is 0.0191. The first-order valence-electron chi connectivity index (χ1n) is 13.0. The number of thiophene rings is 1. The number of aliphatic hydroxyl groups is 1. The first kappa shape index (κ1) is 28.6. The van der Waals surface area contributed by atoms with Crippen molar-refractivity contribution in [1.82, 2.24) is 9.62 Å². The van der Waals surface area contributed by atoms with Gasteiger partial charge in [-0.2, -0.15) is 15.6 Å². The summed E-state index contributed by atoms with van der Waals surface area (Å²) in [5, 5.41) is 16.6. The van der Waals surface area contributed by atoms with Gasteiger partial charge in [-0.25, -0.2) is 8.42 Å². The second-order valence-electron chi connectivity index (χ2n) is 9.46. The zero-order valence-corrected chi connectivity index (χ0v) is 23.2. The number of nitrogens with one attached hydrogen (secondary N) is 1. The lowest BCUT2D eigenvalue weighted by atomic mass is 9.94. The van der Waals surface area contributed by atoms with Crippen LogP contribution in [-0.2, 0) is 24.3 Å². The fraction of sp³-hybridized carbons (Fsp3) is 0.519. The third-order valence-corrected chi connectivity index (χ3v) is 9.50. The maximum atomic E-state index is 13.2. The highest BCUT2D eigenvalue weighted by Gasteiger charge is 2.31. The summed E-state index contributed by atoms with van der Waals surface area (Å²) in [5.41, 5.74) is 1.08. The van der Waals surface area contributed by atoms with Crippen LogP contribution in [0.25, 0.3) is 0 Å². The van der Waals surface area contributed by atoms with Crippen molar-refractivity contribution in [1.29, 1.82) is 0 Å². The number of methoxy groups -OCH3 is 1. The number of ether oxygens (including phenoxy) is 3. The van der Waals surface area contributed by atoms with Gasteiger partial charge in [-0.1, -0.05) is 19.3 Å². The van der Waals surface area contributed by atoms with Crippen LogP contribution in [0, 0.1) is 0 Å². The fourth-order valence-corrected chi connectivity index (χ4v) is 6.93. The fourth-order valence-electron chi connectivity index (χ4n) is 4.79. The number of hydrogen-bond donors (Lipinski definition) is 2. The van der Waals surface area contributed by atoms with E-state index >= 15 is 0 Å². The van der Waals surface area contributed by atoms with E-state index in [0.717, 1.165) is 31.2 Å². The van der Waals surface area contributed by atoms with Crippen molar-refractivity contribution < 1.29 is 32.5 Å². The Labute approximate surface area is 228 Å². The van der Waals surface area contributed by atoms with Crippen LogP contribution in [-0.4, -0.2) is 69.5 Å². The van der Waals surface area contributed by atoms with Crippen LogP contribution >= 0.6 is 11.3 Å². The predicted octanol–water partition coefficient (Wildman–Crippen LogP) is 3.62. The Bertz CT molecular complexity index is 1160. The molecule has 4 rings (SSSR count). The molecule has 1 aliphatic heterocycles. The van der Waals surface area contributed by atoms with Gasteiger partial charge in [-0.05, 0) is 65.6 Å². The summed E-state index contributed by atoms with van der Waals surface area (Å²) >= 11 is 1.59. The van der Waals surface area contributed by atoms with Gasteiger partial charge in [0.15, 0.2) is 5.76 Å². The summed E-state index contributed by atoms with van der Waals surface area (Å²) in [7, 11) is -2.35. The molecule has 2 aliphatic rings. The Balaban J connectivity index is 1.40. The Morgan fingerprint density at radius 2 is 1.92 bits per heavy atom. The summed E-state index contributed by atoms with van der Waals surface area (Å²) < 4.78 is 44.6. The number of carbonyl (C=O) groups is 1. The third-order valence-electron chi connectivity index (χ3n) is 6.88. The van der Waals surface area contributed by atoms with Crippen molar-refractivity contribution in [3.8, 4) is 5.75 Å². The van der Waals surface area contributed by atoms with Gasteiger partial charge in [-0.15, -0.1) is 0 Å². The third kappa shape index (κ3) is 7.35.